The molecule has 0 aliphatic carbocycles. The second-order valence-corrected chi connectivity index (χ2v) is 8.66. The lowest BCUT2D eigenvalue weighted by molar-refractivity contribution is 0.0703. The maximum Gasteiger partial charge on any atom is 0.348 e. The van der Waals surface area contributed by atoms with Crippen LogP contribution in [0.5, 0.6) is 0 Å². The SMILES string of the molecule is Cc1ccccc1S(=O)(=O)Nc1cc(-c2cccs2)sc1C(=O)O. The van der Waals surface area contributed by atoms with Gasteiger partial charge < -0.3 is 5.11 Å². The predicted molar refractivity (Wildman–Crippen MR) is 96.6 cm³/mol. The number of hydrogen-bond donors (Lipinski definition) is 2. The lowest BCUT2D eigenvalue weighted by Gasteiger charge is -2.09. The van der Waals surface area contributed by atoms with E-state index in [1.807, 2.05) is 17.5 Å². The standard InChI is InChI=1S/C16H13NO4S3/c1-10-5-2-3-7-14(10)24(20,21)17-11-9-13(12-6-4-8-22-12)23-15(11)16(18)19/h2-9,17H,1H3,(H,18,19). The van der Waals surface area contributed by atoms with Crippen LogP contribution in [0.4, 0.5) is 5.69 Å². The van der Waals surface area contributed by atoms with Gasteiger partial charge in [0, 0.05) is 9.75 Å². The van der Waals surface area contributed by atoms with Gasteiger partial charge in [0.1, 0.15) is 4.88 Å². The Labute approximate surface area is 147 Å². The van der Waals surface area contributed by atoms with E-state index in [1.54, 1.807) is 31.2 Å². The molecule has 0 spiro atoms. The lowest BCUT2D eigenvalue weighted by atomic mass is 10.2. The number of sulfonamides is 1. The maximum atomic E-state index is 12.6. The van der Waals surface area contributed by atoms with Crippen LogP contribution in [0.3, 0.4) is 0 Å². The molecule has 0 saturated carbocycles. The van der Waals surface area contributed by atoms with Crippen LogP contribution >= 0.6 is 22.7 Å². The summed E-state index contributed by atoms with van der Waals surface area (Å²) in [5.74, 6) is -1.16. The molecular formula is C16H13NO4S3. The summed E-state index contributed by atoms with van der Waals surface area (Å²) in [5.41, 5.74) is 0.676. The minimum Gasteiger partial charge on any atom is -0.477 e. The van der Waals surface area contributed by atoms with Crippen LogP contribution in [-0.2, 0) is 10.0 Å². The minimum absolute atomic E-state index is 0.0319. The van der Waals surface area contributed by atoms with E-state index in [0.717, 1.165) is 16.2 Å². The molecule has 1 aromatic carbocycles. The summed E-state index contributed by atoms with van der Waals surface area (Å²) < 4.78 is 27.6. The van der Waals surface area contributed by atoms with Crippen molar-refractivity contribution < 1.29 is 18.3 Å². The number of anilines is 1. The van der Waals surface area contributed by atoms with Gasteiger partial charge >= 0.3 is 5.97 Å². The van der Waals surface area contributed by atoms with E-state index < -0.39 is 16.0 Å². The third-order valence-electron chi connectivity index (χ3n) is 3.32. The number of benzene rings is 1. The molecular weight excluding hydrogens is 366 g/mol. The summed E-state index contributed by atoms with van der Waals surface area (Å²) in [6.45, 7) is 1.69. The maximum absolute atomic E-state index is 12.6. The van der Waals surface area contributed by atoms with Gasteiger partial charge in [-0.1, -0.05) is 24.3 Å². The Hall–Kier alpha value is -2.16. The van der Waals surface area contributed by atoms with Crippen molar-refractivity contribution in [1.82, 2.24) is 0 Å². The monoisotopic (exact) mass is 379 g/mol. The van der Waals surface area contributed by atoms with Gasteiger partial charge in [0.15, 0.2) is 0 Å². The molecule has 0 radical (unpaired) electrons. The molecule has 0 aliphatic rings. The molecule has 24 heavy (non-hydrogen) atoms. The second-order valence-electron chi connectivity index (χ2n) is 5.01. The van der Waals surface area contributed by atoms with Crippen molar-refractivity contribution in [2.24, 2.45) is 0 Å². The average molecular weight is 379 g/mol. The van der Waals surface area contributed by atoms with Gasteiger partial charge in [-0.05, 0) is 36.1 Å². The van der Waals surface area contributed by atoms with Gasteiger partial charge in [0.25, 0.3) is 10.0 Å². The predicted octanol–water partition coefficient (Wildman–Crippen LogP) is 4.28. The van der Waals surface area contributed by atoms with Crippen LogP contribution in [0.1, 0.15) is 15.2 Å². The van der Waals surface area contributed by atoms with E-state index >= 15 is 0 Å². The highest BCUT2D eigenvalue weighted by atomic mass is 32.2. The number of aromatic carboxylic acids is 1. The highest BCUT2D eigenvalue weighted by Gasteiger charge is 2.23. The van der Waals surface area contributed by atoms with E-state index in [-0.39, 0.29) is 15.5 Å². The second kappa shape index (κ2) is 6.39. The molecule has 2 heterocycles. The van der Waals surface area contributed by atoms with Crippen molar-refractivity contribution in [1.29, 1.82) is 0 Å². The average Bonchev–Trinajstić information content (AvgIpc) is 3.16. The molecule has 2 aromatic heterocycles. The molecule has 0 fully saturated rings. The fraction of sp³-hybridized carbons (Fsp3) is 0.0625. The van der Waals surface area contributed by atoms with Gasteiger partial charge in [0.2, 0.25) is 0 Å². The third-order valence-corrected chi connectivity index (χ3v) is 7.03. The quantitative estimate of drug-likeness (QED) is 0.693. The molecule has 0 bridgehead atoms. The van der Waals surface area contributed by atoms with Crippen LogP contribution in [0.15, 0.2) is 52.7 Å². The van der Waals surface area contributed by atoms with Gasteiger partial charge in [-0.3, -0.25) is 4.72 Å². The molecule has 0 amide bonds. The first-order valence-corrected chi connectivity index (χ1v) is 10.1. The summed E-state index contributed by atoms with van der Waals surface area (Å²) >= 11 is 2.52. The number of carboxylic acid groups (broad SMARTS) is 1. The summed E-state index contributed by atoms with van der Waals surface area (Å²) in [5, 5.41) is 11.3. The molecule has 124 valence electrons. The van der Waals surface area contributed by atoms with Gasteiger partial charge in [0.05, 0.1) is 10.6 Å². The fourth-order valence-corrected chi connectivity index (χ4v) is 5.38. The number of carbonyl (C=O) groups is 1. The molecule has 2 N–H and O–H groups in total. The van der Waals surface area contributed by atoms with Gasteiger partial charge in [-0.15, -0.1) is 22.7 Å². The van der Waals surface area contributed by atoms with Crippen molar-refractivity contribution in [2.45, 2.75) is 11.8 Å². The number of hydrogen-bond acceptors (Lipinski definition) is 5. The highest BCUT2D eigenvalue weighted by Crippen LogP contribution is 2.38. The first-order valence-electron chi connectivity index (χ1n) is 6.88. The Kier molecular flexibility index (Phi) is 4.44. The summed E-state index contributed by atoms with van der Waals surface area (Å²) in [7, 11) is -3.86. The Morgan fingerprint density at radius 3 is 2.50 bits per heavy atom. The smallest absolute Gasteiger partial charge is 0.348 e. The Bertz CT molecular complexity index is 988. The molecule has 0 unspecified atom stereocenters. The summed E-state index contributed by atoms with van der Waals surface area (Å²) in [6, 6.07) is 11.8. The highest BCUT2D eigenvalue weighted by molar-refractivity contribution is 7.92. The molecule has 8 heteroatoms. The number of thiophene rings is 2. The Morgan fingerprint density at radius 2 is 1.88 bits per heavy atom. The van der Waals surface area contributed by atoms with E-state index in [9.17, 15) is 18.3 Å². The molecule has 0 atom stereocenters. The fourth-order valence-electron chi connectivity index (χ4n) is 2.22. The number of carboxylic acids is 1. The van der Waals surface area contributed by atoms with Crippen LogP contribution in [0.25, 0.3) is 9.75 Å². The van der Waals surface area contributed by atoms with Crippen LogP contribution in [-0.4, -0.2) is 19.5 Å². The number of rotatable bonds is 5. The Morgan fingerprint density at radius 1 is 1.12 bits per heavy atom. The number of aryl methyl sites for hydroxylation is 1. The van der Waals surface area contributed by atoms with E-state index in [2.05, 4.69) is 4.72 Å². The van der Waals surface area contributed by atoms with E-state index in [0.29, 0.717) is 10.4 Å². The van der Waals surface area contributed by atoms with Crippen LogP contribution < -0.4 is 4.72 Å². The zero-order chi connectivity index (χ0) is 17.3. The van der Waals surface area contributed by atoms with E-state index in [1.165, 1.54) is 17.4 Å². The molecule has 0 aliphatic heterocycles. The Balaban J connectivity index is 2.03. The first-order chi connectivity index (χ1) is 11.4. The van der Waals surface area contributed by atoms with Crippen molar-refractivity contribution in [3.05, 3.63) is 58.3 Å². The van der Waals surface area contributed by atoms with E-state index in [4.69, 9.17) is 0 Å². The molecule has 3 rings (SSSR count). The van der Waals surface area contributed by atoms with Crippen molar-refractivity contribution >= 4 is 44.4 Å². The zero-order valence-corrected chi connectivity index (χ0v) is 15.0. The van der Waals surface area contributed by atoms with Crippen molar-refractivity contribution in [3.8, 4) is 9.75 Å². The topological polar surface area (TPSA) is 83.5 Å². The van der Waals surface area contributed by atoms with Gasteiger partial charge in [-0.2, -0.15) is 0 Å². The summed E-state index contributed by atoms with van der Waals surface area (Å²) in [6.07, 6.45) is 0. The minimum atomic E-state index is -3.86. The molecule has 0 saturated heterocycles. The van der Waals surface area contributed by atoms with Gasteiger partial charge in [-0.25, -0.2) is 13.2 Å². The zero-order valence-electron chi connectivity index (χ0n) is 12.5. The van der Waals surface area contributed by atoms with Crippen molar-refractivity contribution in [3.63, 3.8) is 0 Å². The number of nitrogens with one attached hydrogen (secondary N) is 1. The first kappa shape index (κ1) is 16.7. The normalized spacial score (nSPS) is 11.4. The molecule has 3 aromatic rings. The van der Waals surface area contributed by atoms with Crippen LogP contribution in [0.2, 0.25) is 0 Å². The lowest BCUT2D eigenvalue weighted by Crippen LogP contribution is -2.15. The summed E-state index contributed by atoms with van der Waals surface area (Å²) in [4.78, 5) is 13.2. The molecule has 5 nitrogen and oxygen atoms in total. The largest absolute Gasteiger partial charge is 0.477 e. The third kappa shape index (κ3) is 3.21. The van der Waals surface area contributed by atoms with Crippen molar-refractivity contribution in [2.75, 3.05) is 4.72 Å². The van der Waals surface area contributed by atoms with Crippen LogP contribution in [0, 0.1) is 6.92 Å².